The van der Waals surface area contributed by atoms with E-state index in [1.165, 1.54) is 61.7 Å². The summed E-state index contributed by atoms with van der Waals surface area (Å²) in [5, 5.41) is 0. The lowest BCUT2D eigenvalue weighted by Gasteiger charge is -2.35. The normalized spacial score (nSPS) is 20.6. The van der Waals surface area contributed by atoms with E-state index < -0.39 is 0 Å². The predicted molar refractivity (Wildman–Crippen MR) is 177 cm³/mol. The van der Waals surface area contributed by atoms with Crippen LogP contribution in [0.1, 0.15) is 133 Å². The van der Waals surface area contributed by atoms with Crippen molar-refractivity contribution in [3.8, 4) is 35.5 Å². The Balaban J connectivity index is 1.79. The minimum Gasteiger partial charge on any atom is -0.102 e. The van der Waals surface area contributed by atoms with Crippen molar-refractivity contribution in [3.05, 3.63) is 57.7 Å². The first-order valence-electron chi connectivity index (χ1n) is 15.7. The van der Waals surface area contributed by atoms with Gasteiger partial charge in [0.05, 0.1) is 0 Å². The first kappa shape index (κ1) is 33.6. The molecule has 2 aliphatic carbocycles. The van der Waals surface area contributed by atoms with Gasteiger partial charge in [0.15, 0.2) is 0 Å². The Labute approximate surface area is 249 Å². The van der Waals surface area contributed by atoms with Gasteiger partial charge in [0.25, 0.3) is 0 Å². The van der Waals surface area contributed by atoms with Crippen LogP contribution in [0.25, 0.3) is 0 Å². The molecular weight excluding hydrogens is 480 g/mol. The van der Waals surface area contributed by atoms with Crippen molar-refractivity contribution in [1.29, 1.82) is 0 Å². The zero-order valence-corrected chi connectivity index (χ0v) is 27.5. The van der Waals surface area contributed by atoms with E-state index in [9.17, 15) is 0 Å². The van der Waals surface area contributed by atoms with Gasteiger partial charge in [-0.1, -0.05) is 100 Å². The monoisotopic (exact) mass is 536 g/mol. The highest BCUT2D eigenvalue weighted by atomic mass is 14.3. The van der Waals surface area contributed by atoms with Crippen molar-refractivity contribution in [1.82, 2.24) is 0 Å². The molecule has 0 aromatic heterocycles. The number of allylic oxidation sites excluding steroid dienone is 10. The minimum atomic E-state index is 0.275. The third-order valence-electron chi connectivity index (χ3n) is 8.75. The van der Waals surface area contributed by atoms with Crippen LogP contribution in [-0.2, 0) is 0 Å². The van der Waals surface area contributed by atoms with Gasteiger partial charge in [0, 0.05) is 24.7 Å². The van der Waals surface area contributed by atoms with Crippen LogP contribution in [0, 0.1) is 58.2 Å². The highest BCUT2D eigenvalue weighted by Crippen LogP contribution is 2.43. The molecule has 0 aromatic rings. The predicted octanol–water partition coefficient (Wildman–Crippen LogP) is 11.3. The second kappa shape index (κ2) is 16.0. The molecule has 0 heteroatoms. The summed E-state index contributed by atoms with van der Waals surface area (Å²) < 4.78 is 0. The van der Waals surface area contributed by atoms with Crippen LogP contribution in [0.3, 0.4) is 0 Å². The first-order chi connectivity index (χ1) is 18.8. The molecule has 0 aliphatic heterocycles. The van der Waals surface area contributed by atoms with Crippen molar-refractivity contribution >= 4 is 0 Å². The molecule has 0 saturated carbocycles. The van der Waals surface area contributed by atoms with Gasteiger partial charge >= 0.3 is 0 Å². The Morgan fingerprint density at radius 3 is 2.20 bits per heavy atom. The van der Waals surface area contributed by atoms with Crippen LogP contribution in [0.4, 0.5) is 0 Å². The fourth-order valence-electron chi connectivity index (χ4n) is 6.12. The van der Waals surface area contributed by atoms with Gasteiger partial charge in [-0.15, -0.1) is 11.8 Å². The molecule has 2 aliphatic rings. The molecule has 0 spiro atoms. The van der Waals surface area contributed by atoms with Crippen LogP contribution >= 0.6 is 0 Å². The van der Waals surface area contributed by atoms with Gasteiger partial charge in [0.1, 0.15) is 0 Å². The van der Waals surface area contributed by atoms with Gasteiger partial charge in [-0.2, -0.15) is 0 Å². The topological polar surface area (TPSA) is 0 Å². The summed E-state index contributed by atoms with van der Waals surface area (Å²) in [6.45, 7) is 22.8. The quantitative estimate of drug-likeness (QED) is 0.172. The summed E-state index contributed by atoms with van der Waals surface area (Å²) in [5.74, 6) is 20.8. The van der Waals surface area contributed by atoms with E-state index in [0.29, 0.717) is 17.3 Å². The lowest BCUT2D eigenvalue weighted by Crippen LogP contribution is -2.20. The molecule has 0 radical (unpaired) electrons. The molecule has 2 rings (SSSR count). The number of hydrogen-bond donors (Lipinski definition) is 0. The fourth-order valence-corrected chi connectivity index (χ4v) is 6.12. The summed E-state index contributed by atoms with van der Waals surface area (Å²) >= 11 is 0. The maximum Gasteiger partial charge on any atom is 0.0284 e. The molecule has 0 heterocycles. The standard InChI is InChI=1S/C40H56/c1-31(19-13-21-33(3)25-27-37-35(5)23-15-29-39(37,7)8)17-11-12-18-32(2)20-14-22-34(4)26-28-38-36(6)24-16-30-40(38,9)10/h17,21,25,27,32,34H,11,15-16,20,23-24,26,28-30H2,1-10H3/b27-25+,31-17+,33-21+. The largest absolute Gasteiger partial charge is 0.102 e. The van der Waals surface area contributed by atoms with Gasteiger partial charge in [0.2, 0.25) is 0 Å². The number of hydrogen-bond acceptors (Lipinski definition) is 0. The molecule has 0 fully saturated rings. The van der Waals surface area contributed by atoms with E-state index in [0.717, 1.165) is 24.8 Å². The summed E-state index contributed by atoms with van der Waals surface area (Å²) in [6.07, 6.45) is 20.3. The molecule has 2 atom stereocenters. The van der Waals surface area contributed by atoms with E-state index in [1.54, 1.807) is 11.1 Å². The second-order valence-corrected chi connectivity index (χ2v) is 13.7. The van der Waals surface area contributed by atoms with Crippen LogP contribution in [-0.4, -0.2) is 0 Å². The van der Waals surface area contributed by atoms with E-state index in [2.05, 4.69) is 123 Å². The van der Waals surface area contributed by atoms with Crippen molar-refractivity contribution in [3.63, 3.8) is 0 Å². The van der Waals surface area contributed by atoms with Crippen molar-refractivity contribution < 1.29 is 0 Å². The van der Waals surface area contributed by atoms with Gasteiger partial charge in [-0.3, -0.25) is 0 Å². The first-order valence-corrected chi connectivity index (χ1v) is 15.7. The Morgan fingerprint density at radius 2 is 1.52 bits per heavy atom. The SMILES string of the molecule is CC1=C(/C=C/C(C)=C/C#C/C(C)=C/CC#CC(C)CC#CC(C)CCC2=C(C)CCCC2(C)C)C(C)(C)CCC1. The van der Waals surface area contributed by atoms with E-state index in [-0.39, 0.29) is 5.41 Å². The highest BCUT2D eigenvalue weighted by molar-refractivity contribution is 5.39. The maximum absolute atomic E-state index is 3.49. The van der Waals surface area contributed by atoms with Crippen LogP contribution in [0.5, 0.6) is 0 Å². The summed E-state index contributed by atoms with van der Waals surface area (Å²) in [5.41, 5.74) is 9.25. The molecule has 0 aromatic carbocycles. The molecule has 216 valence electrons. The molecule has 0 amide bonds. The average molecular weight is 537 g/mol. The molecule has 40 heavy (non-hydrogen) atoms. The summed E-state index contributed by atoms with van der Waals surface area (Å²) in [4.78, 5) is 0. The third kappa shape index (κ3) is 11.5. The Kier molecular flexibility index (Phi) is 13.4. The minimum absolute atomic E-state index is 0.275. The van der Waals surface area contributed by atoms with Crippen LogP contribution in [0.2, 0.25) is 0 Å². The van der Waals surface area contributed by atoms with Crippen molar-refractivity contribution in [2.45, 2.75) is 133 Å². The second-order valence-electron chi connectivity index (χ2n) is 13.7. The van der Waals surface area contributed by atoms with Crippen LogP contribution < -0.4 is 0 Å². The zero-order chi connectivity index (χ0) is 29.8. The molecule has 2 unspecified atom stereocenters. The summed E-state index contributed by atoms with van der Waals surface area (Å²) in [7, 11) is 0. The van der Waals surface area contributed by atoms with Crippen LogP contribution in [0.15, 0.2) is 57.7 Å². The smallest absolute Gasteiger partial charge is 0.0284 e. The Bertz CT molecular complexity index is 1210. The Morgan fingerprint density at radius 1 is 0.875 bits per heavy atom. The maximum atomic E-state index is 3.49. The lowest BCUT2D eigenvalue weighted by atomic mass is 9.71. The number of rotatable bonds is 7. The molecule has 0 N–H and O–H groups in total. The Hall–Kier alpha value is -2.62. The van der Waals surface area contributed by atoms with Gasteiger partial charge in [-0.25, -0.2) is 0 Å². The summed E-state index contributed by atoms with van der Waals surface area (Å²) in [6, 6.07) is 0. The average Bonchev–Trinajstić information content (AvgIpc) is 2.85. The molecule has 0 nitrogen and oxygen atoms in total. The molecule has 0 bridgehead atoms. The van der Waals surface area contributed by atoms with Crippen molar-refractivity contribution in [2.75, 3.05) is 0 Å². The fraction of sp³-hybridized carbons (Fsp3) is 0.600. The zero-order valence-electron chi connectivity index (χ0n) is 27.5. The molecule has 0 saturated heterocycles. The van der Waals surface area contributed by atoms with E-state index in [1.807, 2.05) is 6.08 Å². The van der Waals surface area contributed by atoms with E-state index >= 15 is 0 Å². The third-order valence-corrected chi connectivity index (χ3v) is 8.75. The molecular formula is C40H56. The highest BCUT2D eigenvalue weighted by Gasteiger charge is 2.28. The van der Waals surface area contributed by atoms with Gasteiger partial charge in [-0.05, 0) is 113 Å². The van der Waals surface area contributed by atoms with Crippen molar-refractivity contribution in [2.24, 2.45) is 22.7 Å². The lowest BCUT2D eigenvalue weighted by molar-refractivity contribution is 0.349. The van der Waals surface area contributed by atoms with Gasteiger partial charge < -0.3 is 0 Å². The van der Waals surface area contributed by atoms with E-state index in [4.69, 9.17) is 0 Å².